The van der Waals surface area contributed by atoms with Crippen molar-refractivity contribution in [2.24, 2.45) is 0 Å². The average molecular weight is 280 g/mol. The van der Waals surface area contributed by atoms with E-state index in [2.05, 4.69) is 20.4 Å². The molecule has 0 aliphatic carbocycles. The summed E-state index contributed by atoms with van der Waals surface area (Å²) in [5.74, 6) is 0.675. The van der Waals surface area contributed by atoms with Crippen molar-refractivity contribution in [3.8, 4) is 17.1 Å². The predicted octanol–water partition coefficient (Wildman–Crippen LogP) is 1.45. The van der Waals surface area contributed by atoms with Gasteiger partial charge in [-0.1, -0.05) is 0 Å². The van der Waals surface area contributed by atoms with Crippen LogP contribution >= 0.6 is 0 Å². The number of benzene rings is 1. The van der Waals surface area contributed by atoms with Gasteiger partial charge in [0, 0.05) is 18.2 Å². The van der Waals surface area contributed by atoms with Crippen LogP contribution in [0.5, 0.6) is 0 Å². The first-order valence-corrected chi connectivity index (χ1v) is 6.54. The van der Waals surface area contributed by atoms with Gasteiger partial charge in [-0.25, -0.2) is 14.6 Å². The van der Waals surface area contributed by atoms with Crippen LogP contribution in [0.3, 0.4) is 0 Å². The van der Waals surface area contributed by atoms with Crippen LogP contribution < -0.4 is 5.32 Å². The Labute approximate surface area is 120 Å². The van der Waals surface area contributed by atoms with Gasteiger partial charge in [0.25, 0.3) is 0 Å². The van der Waals surface area contributed by atoms with Crippen molar-refractivity contribution in [2.45, 2.75) is 13.5 Å². The van der Waals surface area contributed by atoms with Gasteiger partial charge in [0.05, 0.1) is 30.5 Å². The van der Waals surface area contributed by atoms with Gasteiger partial charge in [-0.3, -0.25) is 4.79 Å². The third-order valence-electron chi connectivity index (χ3n) is 3.46. The minimum absolute atomic E-state index is 0.103. The zero-order chi connectivity index (χ0) is 14.4. The van der Waals surface area contributed by atoms with Crippen LogP contribution in [0.2, 0.25) is 0 Å². The predicted molar refractivity (Wildman–Crippen MR) is 76.0 cm³/mol. The van der Waals surface area contributed by atoms with Crippen LogP contribution in [0.15, 0.2) is 37.1 Å². The van der Waals surface area contributed by atoms with Gasteiger partial charge >= 0.3 is 0 Å². The van der Waals surface area contributed by atoms with E-state index in [9.17, 15) is 4.79 Å². The maximum Gasteiger partial charge on any atom is 0.221 e. The highest BCUT2D eigenvalue weighted by Gasteiger charge is 2.20. The minimum Gasteiger partial charge on any atom is -0.326 e. The van der Waals surface area contributed by atoms with Crippen molar-refractivity contribution in [1.29, 1.82) is 0 Å². The summed E-state index contributed by atoms with van der Waals surface area (Å²) in [5.41, 5.74) is 3.66. The fraction of sp³-hybridized carbons (Fsp3) is 0.143. The SMILES string of the molecule is CC(=O)Nc1ccc2c(c1)-c1ncnn1Cc1cncn1-2. The van der Waals surface area contributed by atoms with Crippen molar-refractivity contribution in [3.63, 3.8) is 0 Å². The van der Waals surface area contributed by atoms with Gasteiger partial charge in [0.15, 0.2) is 5.82 Å². The lowest BCUT2D eigenvalue weighted by Gasteiger charge is -2.10. The lowest BCUT2D eigenvalue weighted by molar-refractivity contribution is -0.114. The largest absolute Gasteiger partial charge is 0.326 e. The highest BCUT2D eigenvalue weighted by Crippen LogP contribution is 2.32. The van der Waals surface area contributed by atoms with Crippen molar-refractivity contribution in [2.75, 3.05) is 5.32 Å². The van der Waals surface area contributed by atoms with E-state index in [1.165, 1.54) is 13.3 Å². The first kappa shape index (κ1) is 11.8. The summed E-state index contributed by atoms with van der Waals surface area (Å²) in [5, 5.41) is 7.06. The maximum atomic E-state index is 11.2. The van der Waals surface area contributed by atoms with Crippen LogP contribution in [0.25, 0.3) is 17.1 Å². The normalized spacial score (nSPS) is 12.0. The summed E-state index contributed by atoms with van der Waals surface area (Å²) in [6.45, 7) is 2.10. The quantitative estimate of drug-likeness (QED) is 0.572. The molecule has 0 bridgehead atoms. The van der Waals surface area contributed by atoms with Crippen LogP contribution in [0, 0.1) is 0 Å². The molecule has 0 unspecified atom stereocenters. The molecule has 0 saturated heterocycles. The number of nitrogens with zero attached hydrogens (tertiary/aromatic N) is 5. The van der Waals surface area contributed by atoms with Crippen LogP contribution in [0.1, 0.15) is 12.6 Å². The Bertz CT molecular complexity index is 847. The number of aromatic nitrogens is 5. The van der Waals surface area contributed by atoms with Crippen molar-refractivity contribution < 1.29 is 4.79 Å². The number of hydrogen-bond donors (Lipinski definition) is 1. The van der Waals surface area contributed by atoms with Crippen molar-refractivity contribution in [3.05, 3.63) is 42.7 Å². The van der Waals surface area contributed by atoms with Crippen LogP contribution in [0.4, 0.5) is 5.69 Å². The number of nitrogens with one attached hydrogen (secondary N) is 1. The number of rotatable bonds is 1. The lowest BCUT2D eigenvalue weighted by Crippen LogP contribution is -2.06. The van der Waals surface area contributed by atoms with E-state index in [0.717, 1.165) is 28.5 Å². The van der Waals surface area contributed by atoms with Crippen LogP contribution in [-0.4, -0.2) is 30.2 Å². The summed E-state index contributed by atoms with van der Waals surface area (Å²) in [6.07, 6.45) is 5.14. The molecule has 1 amide bonds. The van der Waals surface area contributed by atoms with E-state index in [1.807, 2.05) is 33.6 Å². The van der Waals surface area contributed by atoms with E-state index < -0.39 is 0 Å². The molecule has 3 heterocycles. The Morgan fingerprint density at radius 2 is 2.29 bits per heavy atom. The first-order valence-electron chi connectivity index (χ1n) is 6.54. The van der Waals surface area contributed by atoms with E-state index in [-0.39, 0.29) is 5.91 Å². The summed E-state index contributed by atoms with van der Waals surface area (Å²) >= 11 is 0. The molecule has 21 heavy (non-hydrogen) atoms. The van der Waals surface area contributed by atoms with Crippen molar-refractivity contribution >= 4 is 11.6 Å². The molecule has 0 radical (unpaired) electrons. The first-order chi connectivity index (χ1) is 10.2. The second-order valence-corrected chi connectivity index (χ2v) is 4.91. The van der Waals surface area contributed by atoms with E-state index in [1.54, 1.807) is 6.33 Å². The molecule has 1 N–H and O–H groups in total. The molecule has 1 aliphatic heterocycles. The standard InChI is InChI=1S/C14H12N6O/c1-9(21)18-10-2-3-13-12(4-10)14-16-7-17-20(14)6-11-5-15-8-19(11)13/h2-5,7-8H,6H2,1H3,(H,18,21). The number of hydrogen-bond acceptors (Lipinski definition) is 4. The molecule has 1 aromatic carbocycles. The number of fused-ring (bicyclic) bond motifs is 5. The zero-order valence-electron chi connectivity index (χ0n) is 11.3. The summed E-state index contributed by atoms with van der Waals surface area (Å²) in [4.78, 5) is 19.8. The molecule has 0 fully saturated rings. The average Bonchev–Trinajstić information content (AvgIpc) is 3.06. The Hall–Kier alpha value is -2.96. The zero-order valence-corrected chi connectivity index (χ0v) is 11.3. The van der Waals surface area contributed by atoms with Gasteiger partial charge in [-0.15, -0.1) is 0 Å². The highest BCUT2D eigenvalue weighted by atomic mass is 16.1. The summed E-state index contributed by atoms with van der Waals surface area (Å²) < 4.78 is 3.85. The third-order valence-corrected chi connectivity index (χ3v) is 3.46. The molecule has 4 rings (SSSR count). The molecule has 104 valence electrons. The summed E-state index contributed by atoms with van der Waals surface area (Å²) in [7, 11) is 0. The fourth-order valence-corrected chi connectivity index (χ4v) is 2.60. The number of amides is 1. The smallest absolute Gasteiger partial charge is 0.221 e. The van der Waals surface area contributed by atoms with E-state index in [0.29, 0.717) is 6.54 Å². The molecule has 1 aliphatic rings. The molecule has 0 atom stereocenters. The molecule has 7 heteroatoms. The maximum absolute atomic E-state index is 11.2. The Kier molecular flexibility index (Phi) is 2.41. The Balaban J connectivity index is 1.97. The lowest BCUT2D eigenvalue weighted by atomic mass is 10.1. The molecule has 3 aromatic rings. The Morgan fingerprint density at radius 1 is 1.38 bits per heavy atom. The van der Waals surface area contributed by atoms with Gasteiger partial charge < -0.3 is 9.88 Å². The molecular formula is C14H12N6O. The summed E-state index contributed by atoms with van der Waals surface area (Å²) in [6, 6.07) is 5.73. The topological polar surface area (TPSA) is 77.6 Å². The number of imidazole rings is 1. The molecular weight excluding hydrogens is 268 g/mol. The number of anilines is 1. The van der Waals surface area contributed by atoms with Gasteiger partial charge in [0.1, 0.15) is 6.33 Å². The highest BCUT2D eigenvalue weighted by molar-refractivity contribution is 5.90. The number of carbonyl (C=O) groups excluding carboxylic acids is 1. The molecule has 0 spiro atoms. The van der Waals surface area contributed by atoms with Crippen molar-refractivity contribution in [1.82, 2.24) is 24.3 Å². The van der Waals surface area contributed by atoms with Gasteiger partial charge in [-0.05, 0) is 18.2 Å². The molecule has 0 saturated carbocycles. The third kappa shape index (κ3) is 1.82. The van der Waals surface area contributed by atoms with E-state index >= 15 is 0 Å². The van der Waals surface area contributed by atoms with Crippen LogP contribution in [-0.2, 0) is 11.3 Å². The second-order valence-electron chi connectivity index (χ2n) is 4.91. The fourth-order valence-electron chi connectivity index (χ4n) is 2.60. The minimum atomic E-state index is -0.103. The van der Waals surface area contributed by atoms with Gasteiger partial charge in [-0.2, -0.15) is 5.10 Å². The second kappa shape index (κ2) is 4.27. The number of carbonyl (C=O) groups is 1. The monoisotopic (exact) mass is 280 g/mol. The molecule has 2 aromatic heterocycles. The molecule has 7 nitrogen and oxygen atoms in total. The van der Waals surface area contributed by atoms with Gasteiger partial charge in [0.2, 0.25) is 5.91 Å². The Morgan fingerprint density at radius 3 is 3.14 bits per heavy atom. The van der Waals surface area contributed by atoms with E-state index in [4.69, 9.17) is 0 Å².